The van der Waals surface area contributed by atoms with Crippen LogP contribution < -0.4 is 10.5 Å². The molecule has 17 heavy (non-hydrogen) atoms. The molecule has 2 nitrogen and oxygen atoms in total. The Kier molecular flexibility index (Phi) is 4.67. The van der Waals surface area contributed by atoms with Gasteiger partial charge in [-0.1, -0.05) is 23.7 Å². The van der Waals surface area contributed by atoms with Crippen molar-refractivity contribution < 1.29 is 4.74 Å². The molecule has 0 aliphatic heterocycles. The fraction of sp³-hybridized carbons (Fsp3) is 0.167. The first-order valence-corrected chi connectivity index (χ1v) is 7.34. The van der Waals surface area contributed by atoms with Crippen LogP contribution in [0.1, 0.15) is 11.0 Å². The first-order valence-electron chi connectivity index (χ1n) is 5.07. The lowest BCUT2D eigenvalue weighted by Gasteiger charge is -2.16. The molecule has 1 aromatic heterocycles. The Bertz CT molecular complexity index is 503. The fourth-order valence-corrected chi connectivity index (χ4v) is 3.04. The van der Waals surface area contributed by atoms with E-state index in [2.05, 4.69) is 22.6 Å². The monoisotopic (exact) mass is 379 g/mol. The van der Waals surface area contributed by atoms with Crippen LogP contribution in [0.25, 0.3) is 0 Å². The summed E-state index contributed by atoms with van der Waals surface area (Å²) in [6.45, 7) is 0.432. The van der Waals surface area contributed by atoms with Gasteiger partial charge in [0, 0.05) is 11.4 Å². The van der Waals surface area contributed by atoms with Crippen LogP contribution in [0.2, 0.25) is 4.34 Å². The molecule has 0 spiro atoms. The molecule has 0 bridgehead atoms. The third kappa shape index (κ3) is 3.34. The third-order valence-corrected chi connectivity index (χ3v) is 4.45. The lowest BCUT2D eigenvalue weighted by molar-refractivity contribution is 0.216. The van der Waals surface area contributed by atoms with E-state index in [0.717, 1.165) is 18.5 Å². The van der Waals surface area contributed by atoms with Gasteiger partial charge in [-0.25, -0.2) is 0 Å². The van der Waals surface area contributed by atoms with E-state index < -0.39 is 0 Å². The van der Waals surface area contributed by atoms with E-state index >= 15 is 0 Å². The molecule has 2 N–H and O–H groups in total. The van der Waals surface area contributed by atoms with Crippen molar-refractivity contribution in [2.45, 2.75) is 6.10 Å². The molecule has 2 aromatic rings. The molecular weight excluding hydrogens is 369 g/mol. The van der Waals surface area contributed by atoms with Gasteiger partial charge >= 0.3 is 0 Å². The van der Waals surface area contributed by atoms with Gasteiger partial charge in [-0.15, -0.1) is 11.3 Å². The lowest BCUT2D eigenvalue weighted by atomic mass is 10.3. The second-order valence-electron chi connectivity index (χ2n) is 3.41. The summed E-state index contributed by atoms with van der Waals surface area (Å²) < 4.78 is 7.74. The fourth-order valence-electron chi connectivity index (χ4n) is 1.42. The second kappa shape index (κ2) is 6.04. The van der Waals surface area contributed by atoms with Crippen molar-refractivity contribution in [2.24, 2.45) is 5.73 Å². The number of para-hydroxylation sites is 1. The molecule has 5 heteroatoms. The van der Waals surface area contributed by atoms with Crippen LogP contribution in [0.5, 0.6) is 5.75 Å². The highest BCUT2D eigenvalue weighted by atomic mass is 127. The van der Waals surface area contributed by atoms with Gasteiger partial charge in [0.25, 0.3) is 0 Å². The Morgan fingerprint density at radius 3 is 2.65 bits per heavy atom. The molecular formula is C12H11ClINOS. The summed E-state index contributed by atoms with van der Waals surface area (Å²) in [5, 5.41) is 0. The van der Waals surface area contributed by atoms with Gasteiger partial charge in [0.15, 0.2) is 0 Å². The quantitative estimate of drug-likeness (QED) is 0.812. The van der Waals surface area contributed by atoms with E-state index in [0.29, 0.717) is 6.54 Å². The van der Waals surface area contributed by atoms with Crippen LogP contribution in [0.4, 0.5) is 0 Å². The number of ether oxygens (including phenoxy) is 1. The Morgan fingerprint density at radius 1 is 1.29 bits per heavy atom. The van der Waals surface area contributed by atoms with E-state index in [4.69, 9.17) is 22.1 Å². The maximum absolute atomic E-state index is 5.92. The van der Waals surface area contributed by atoms with Crippen LogP contribution in [-0.2, 0) is 0 Å². The highest BCUT2D eigenvalue weighted by Crippen LogP contribution is 2.31. The first kappa shape index (κ1) is 13.1. The SMILES string of the molecule is NCC(Oc1ccccc1I)c1ccc(Cl)s1. The molecule has 0 saturated heterocycles. The highest BCUT2D eigenvalue weighted by Gasteiger charge is 2.15. The molecule has 1 aromatic carbocycles. The Hall–Kier alpha value is -0.300. The molecule has 0 amide bonds. The molecule has 90 valence electrons. The lowest BCUT2D eigenvalue weighted by Crippen LogP contribution is -2.17. The van der Waals surface area contributed by atoms with E-state index in [-0.39, 0.29) is 6.10 Å². The van der Waals surface area contributed by atoms with Gasteiger partial charge in [0.1, 0.15) is 11.9 Å². The third-order valence-electron chi connectivity index (χ3n) is 2.23. The van der Waals surface area contributed by atoms with Crippen molar-refractivity contribution in [3.05, 3.63) is 49.2 Å². The van der Waals surface area contributed by atoms with Gasteiger partial charge in [-0.2, -0.15) is 0 Å². The van der Waals surface area contributed by atoms with Gasteiger partial charge in [0.2, 0.25) is 0 Å². The minimum Gasteiger partial charge on any atom is -0.482 e. The normalized spacial score (nSPS) is 12.4. The Balaban J connectivity index is 2.18. The first-order chi connectivity index (χ1) is 8.20. The minimum atomic E-state index is -0.136. The molecule has 1 unspecified atom stereocenters. The average Bonchev–Trinajstić information content (AvgIpc) is 2.75. The number of halogens is 2. The predicted molar refractivity (Wildman–Crippen MR) is 80.9 cm³/mol. The number of benzene rings is 1. The van der Waals surface area contributed by atoms with Gasteiger partial charge in [-0.05, 0) is 46.9 Å². The van der Waals surface area contributed by atoms with Crippen molar-refractivity contribution in [3.8, 4) is 5.75 Å². The zero-order valence-electron chi connectivity index (χ0n) is 8.90. The number of rotatable bonds is 4. The summed E-state index contributed by atoms with van der Waals surface area (Å²) in [7, 11) is 0. The van der Waals surface area contributed by atoms with Crippen molar-refractivity contribution >= 4 is 45.5 Å². The largest absolute Gasteiger partial charge is 0.482 e. The Morgan fingerprint density at radius 2 is 2.06 bits per heavy atom. The zero-order chi connectivity index (χ0) is 12.3. The van der Waals surface area contributed by atoms with Crippen LogP contribution in [0, 0.1) is 3.57 Å². The molecule has 0 radical (unpaired) electrons. The van der Waals surface area contributed by atoms with Crippen LogP contribution in [0.3, 0.4) is 0 Å². The van der Waals surface area contributed by atoms with E-state index in [1.54, 1.807) is 0 Å². The molecule has 1 heterocycles. The molecule has 1 atom stereocenters. The van der Waals surface area contributed by atoms with Gasteiger partial charge in [-0.3, -0.25) is 0 Å². The smallest absolute Gasteiger partial charge is 0.145 e. The van der Waals surface area contributed by atoms with E-state index in [1.165, 1.54) is 11.3 Å². The summed E-state index contributed by atoms with van der Waals surface area (Å²) >= 11 is 9.67. The summed E-state index contributed by atoms with van der Waals surface area (Å²) in [6, 6.07) is 11.7. The van der Waals surface area contributed by atoms with Crippen molar-refractivity contribution in [3.63, 3.8) is 0 Å². The van der Waals surface area contributed by atoms with Crippen LogP contribution >= 0.6 is 45.5 Å². The van der Waals surface area contributed by atoms with E-state index in [9.17, 15) is 0 Å². The molecule has 0 saturated carbocycles. The molecule has 0 aliphatic carbocycles. The Labute approximate surface area is 123 Å². The maximum Gasteiger partial charge on any atom is 0.145 e. The van der Waals surface area contributed by atoms with Crippen molar-refractivity contribution in [2.75, 3.05) is 6.54 Å². The number of hydrogen-bond donors (Lipinski definition) is 1. The van der Waals surface area contributed by atoms with Crippen molar-refractivity contribution in [1.29, 1.82) is 0 Å². The van der Waals surface area contributed by atoms with Crippen LogP contribution in [-0.4, -0.2) is 6.54 Å². The number of nitrogens with two attached hydrogens (primary N) is 1. The average molecular weight is 380 g/mol. The predicted octanol–water partition coefficient (Wildman–Crippen LogP) is 4.08. The summed E-state index contributed by atoms with van der Waals surface area (Å²) in [6.07, 6.45) is -0.136. The maximum atomic E-state index is 5.92. The summed E-state index contributed by atoms with van der Waals surface area (Å²) in [5.74, 6) is 0.855. The number of hydrogen-bond acceptors (Lipinski definition) is 3. The minimum absolute atomic E-state index is 0.136. The molecule has 2 rings (SSSR count). The second-order valence-corrected chi connectivity index (χ2v) is 6.32. The van der Waals surface area contributed by atoms with E-state index in [1.807, 2.05) is 36.4 Å². The summed E-state index contributed by atoms with van der Waals surface area (Å²) in [5.41, 5.74) is 5.75. The zero-order valence-corrected chi connectivity index (χ0v) is 12.6. The molecule has 0 aliphatic rings. The van der Waals surface area contributed by atoms with Gasteiger partial charge in [0.05, 0.1) is 7.91 Å². The highest BCUT2D eigenvalue weighted by molar-refractivity contribution is 14.1. The molecule has 0 fully saturated rings. The summed E-state index contributed by atoms with van der Waals surface area (Å²) in [4.78, 5) is 1.05. The van der Waals surface area contributed by atoms with Crippen LogP contribution in [0.15, 0.2) is 36.4 Å². The topological polar surface area (TPSA) is 35.2 Å². The standard InChI is InChI=1S/C12H11ClINOS/c13-12-6-5-11(17-12)10(7-15)16-9-4-2-1-3-8(9)14/h1-6,10H,7,15H2. The number of thiophene rings is 1. The van der Waals surface area contributed by atoms with Crippen molar-refractivity contribution in [1.82, 2.24) is 0 Å². The van der Waals surface area contributed by atoms with Gasteiger partial charge < -0.3 is 10.5 Å².